The van der Waals surface area contributed by atoms with Gasteiger partial charge in [-0.1, -0.05) is 99.5 Å². The lowest BCUT2D eigenvalue weighted by molar-refractivity contribution is -0.139. The molecule has 270 valence electrons. The van der Waals surface area contributed by atoms with Gasteiger partial charge in [-0.2, -0.15) is 11.8 Å². The highest BCUT2D eigenvalue weighted by Crippen LogP contribution is 2.30. The largest absolute Gasteiger partial charge is 0.480 e. The van der Waals surface area contributed by atoms with Crippen molar-refractivity contribution in [2.24, 2.45) is 5.92 Å². The molecule has 6 nitrogen and oxygen atoms in total. The van der Waals surface area contributed by atoms with E-state index in [9.17, 15) is 14.7 Å². The summed E-state index contributed by atoms with van der Waals surface area (Å²) in [4.78, 5) is 27.5. The highest BCUT2D eigenvalue weighted by atomic mass is 32.2. The molecule has 2 atom stereocenters. The van der Waals surface area contributed by atoms with Crippen LogP contribution in [0.3, 0.4) is 0 Å². The number of hydrogen-bond acceptors (Lipinski definition) is 5. The molecule has 0 saturated carbocycles. The van der Waals surface area contributed by atoms with E-state index in [1.54, 1.807) is 26.0 Å². The van der Waals surface area contributed by atoms with E-state index in [0.29, 0.717) is 23.7 Å². The molecule has 7 heteroatoms. The average Bonchev–Trinajstić information content (AvgIpc) is 3.54. The fraction of sp³-hybridized carbons (Fsp3) is 0.476. The molecule has 0 bridgehead atoms. The van der Waals surface area contributed by atoms with Gasteiger partial charge in [-0.15, -0.1) is 0 Å². The molecule has 4 rings (SSSR count). The molecule has 1 aliphatic rings. The number of methoxy groups -OCH3 is 1. The van der Waals surface area contributed by atoms with Crippen LogP contribution in [0.4, 0.5) is 0 Å². The van der Waals surface area contributed by atoms with Crippen LogP contribution >= 0.6 is 11.8 Å². The molecular weight excluding hydrogens is 629 g/mol. The topological polar surface area (TPSA) is 78.9 Å². The maximum absolute atomic E-state index is 13.3. The number of nitrogens with zero attached hydrogens (tertiary/aromatic N) is 1. The molecular formula is C42H62N2O4S. The van der Waals surface area contributed by atoms with Crippen molar-refractivity contribution in [3.63, 3.8) is 0 Å². The number of allylic oxidation sites excluding steroid dienone is 2. The first-order valence-electron chi connectivity index (χ1n) is 17.7. The number of hydrogen-bond donors (Lipinski definition) is 2. The second-order valence-corrected chi connectivity index (χ2v) is 13.2. The number of aliphatic carboxylic acids is 1. The Kier molecular flexibility index (Phi) is 22.8. The van der Waals surface area contributed by atoms with Gasteiger partial charge in [0, 0.05) is 32.9 Å². The van der Waals surface area contributed by atoms with Gasteiger partial charge >= 0.3 is 5.97 Å². The molecule has 1 aliphatic heterocycles. The summed E-state index contributed by atoms with van der Waals surface area (Å²) in [5.74, 6) is -0.0300. The molecule has 2 N–H and O–H groups in total. The summed E-state index contributed by atoms with van der Waals surface area (Å²) in [5.41, 5.74) is 7.49. The Morgan fingerprint density at radius 1 is 1.02 bits per heavy atom. The van der Waals surface area contributed by atoms with E-state index in [0.717, 1.165) is 48.3 Å². The molecule has 1 fully saturated rings. The van der Waals surface area contributed by atoms with Gasteiger partial charge in [0.1, 0.15) is 6.04 Å². The van der Waals surface area contributed by atoms with Crippen LogP contribution in [0.1, 0.15) is 87.4 Å². The van der Waals surface area contributed by atoms with Crippen LogP contribution in [0.5, 0.6) is 0 Å². The van der Waals surface area contributed by atoms with E-state index >= 15 is 0 Å². The lowest BCUT2D eigenvalue weighted by Gasteiger charge is -2.20. The summed E-state index contributed by atoms with van der Waals surface area (Å²) in [6.45, 7) is 15.5. The lowest BCUT2D eigenvalue weighted by atomic mass is 9.93. The third-order valence-electron chi connectivity index (χ3n) is 8.26. The second kappa shape index (κ2) is 25.6. The number of ether oxygens (including phenoxy) is 1. The molecule has 0 aromatic heterocycles. The summed E-state index contributed by atoms with van der Waals surface area (Å²) in [5, 5.41) is 12.4. The lowest BCUT2D eigenvalue weighted by Crippen LogP contribution is -2.41. The van der Waals surface area contributed by atoms with Crippen molar-refractivity contribution in [2.75, 3.05) is 39.3 Å². The Bertz CT molecular complexity index is 1390. The van der Waals surface area contributed by atoms with Gasteiger partial charge in [-0.3, -0.25) is 9.69 Å². The standard InChI is InChI=1S/C31H36N2O3S.C7H14.C2H6O.C2H6/c1-22-8-6-7-11-26(22)28-19-24(12-13-27(28)30(34)32-29(31(35)36)15-17-37-2)20-33-16-14-25(21-33)18-23-9-4-3-5-10-23;1-4-6-7(3)5-2;1-3-2;1-2/h3-13,19,25,29H,14-18,20-21H2,1-2H3,(H,32,34)(H,35,36);5H,4,6H2,1-3H3;1-2H3;1-2H3/b;7-5+;;. The first-order chi connectivity index (χ1) is 23.7. The van der Waals surface area contributed by atoms with Crippen LogP contribution in [0.15, 0.2) is 84.4 Å². The predicted octanol–water partition coefficient (Wildman–Crippen LogP) is 9.70. The van der Waals surface area contributed by atoms with Crippen LogP contribution in [-0.4, -0.2) is 67.2 Å². The van der Waals surface area contributed by atoms with Gasteiger partial charge in [0.25, 0.3) is 5.91 Å². The molecule has 3 aromatic rings. The smallest absolute Gasteiger partial charge is 0.326 e. The van der Waals surface area contributed by atoms with E-state index in [-0.39, 0.29) is 5.91 Å². The van der Waals surface area contributed by atoms with Crippen LogP contribution < -0.4 is 5.32 Å². The van der Waals surface area contributed by atoms with Crippen molar-refractivity contribution in [2.45, 2.75) is 86.2 Å². The summed E-state index contributed by atoms with van der Waals surface area (Å²) in [6, 6.07) is 23.8. The van der Waals surface area contributed by atoms with E-state index in [1.165, 1.54) is 30.4 Å². The third-order valence-corrected chi connectivity index (χ3v) is 8.90. The maximum atomic E-state index is 13.3. The zero-order valence-corrected chi connectivity index (χ0v) is 32.4. The van der Waals surface area contributed by atoms with Gasteiger partial charge in [-0.05, 0) is 111 Å². The molecule has 3 aromatic carbocycles. The van der Waals surface area contributed by atoms with Crippen molar-refractivity contribution in [3.8, 4) is 11.1 Å². The van der Waals surface area contributed by atoms with Gasteiger partial charge in [0.2, 0.25) is 0 Å². The minimum Gasteiger partial charge on any atom is -0.480 e. The minimum absolute atomic E-state index is 0.345. The molecule has 0 spiro atoms. The quantitative estimate of drug-likeness (QED) is 0.174. The Morgan fingerprint density at radius 2 is 1.67 bits per heavy atom. The third kappa shape index (κ3) is 16.2. The fourth-order valence-electron chi connectivity index (χ4n) is 5.68. The Hall–Kier alpha value is -3.39. The first-order valence-corrected chi connectivity index (χ1v) is 19.1. The zero-order chi connectivity index (χ0) is 36.6. The maximum Gasteiger partial charge on any atom is 0.326 e. The molecule has 0 radical (unpaired) electrons. The number of aryl methyl sites for hydroxylation is 1. The van der Waals surface area contributed by atoms with E-state index < -0.39 is 12.0 Å². The molecule has 1 saturated heterocycles. The summed E-state index contributed by atoms with van der Waals surface area (Å²) in [6.07, 6.45) is 9.31. The zero-order valence-electron chi connectivity index (χ0n) is 31.6. The van der Waals surface area contributed by atoms with Gasteiger partial charge in [0.15, 0.2) is 0 Å². The minimum atomic E-state index is -1.00. The molecule has 49 heavy (non-hydrogen) atoms. The first kappa shape index (κ1) is 43.6. The van der Waals surface area contributed by atoms with E-state index in [2.05, 4.69) is 78.2 Å². The highest BCUT2D eigenvalue weighted by molar-refractivity contribution is 7.98. The number of carboxylic acid groups (broad SMARTS) is 1. The molecule has 2 unspecified atom stereocenters. The van der Waals surface area contributed by atoms with Gasteiger partial charge in [0.05, 0.1) is 0 Å². The van der Waals surface area contributed by atoms with Crippen molar-refractivity contribution in [3.05, 3.63) is 107 Å². The number of carboxylic acids is 1. The average molecular weight is 691 g/mol. The normalized spacial score (nSPS) is 14.6. The number of amides is 1. The van der Waals surface area contributed by atoms with Crippen molar-refractivity contribution < 1.29 is 19.4 Å². The summed E-state index contributed by atoms with van der Waals surface area (Å²) in [7, 11) is 3.25. The second-order valence-electron chi connectivity index (χ2n) is 12.2. The van der Waals surface area contributed by atoms with Crippen LogP contribution in [-0.2, 0) is 22.5 Å². The Balaban J connectivity index is 0.000000868. The number of likely N-dealkylation sites (tertiary alicyclic amines) is 1. The van der Waals surface area contributed by atoms with Crippen molar-refractivity contribution in [1.82, 2.24) is 10.2 Å². The number of carbonyl (C=O) groups excluding carboxylic acids is 1. The summed E-state index contributed by atoms with van der Waals surface area (Å²) >= 11 is 1.57. The monoisotopic (exact) mass is 690 g/mol. The fourth-order valence-corrected chi connectivity index (χ4v) is 6.15. The molecule has 1 heterocycles. The number of rotatable bonds is 13. The number of benzene rings is 3. The van der Waals surface area contributed by atoms with Gasteiger partial charge < -0.3 is 15.2 Å². The highest BCUT2D eigenvalue weighted by Gasteiger charge is 2.25. The number of thioether (sulfide) groups is 1. The van der Waals surface area contributed by atoms with Gasteiger partial charge in [-0.25, -0.2) is 4.79 Å². The number of nitrogens with one attached hydrogen (secondary N) is 1. The Labute approximate surface area is 301 Å². The molecule has 1 amide bonds. The Morgan fingerprint density at radius 3 is 2.24 bits per heavy atom. The summed E-state index contributed by atoms with van der Waals surface area (Å²) < 4.78 is 4.25. The molecule has 0 aliphatic carbocycles. The predicted molar refractivity (Wildman–Crippen MR) is 211 cm³/mol. The number of carbonyl (C=O) groups is 2. The van der Waals surface area contributed by atoms with Crippen LogP contribution in [0.2, 0.25) is 0 Å². The van der Waals surface area contributed by atoms with Crippen molar-refractivity contribution >= 4 is 23.6 Å². The van der Waals surface area contributed by atoms with Crippen LogP contribution in [0, 0.1) is 12.8 Å². The van der Waals surface area contributed by atoms with Crippen molar-refractivity contribution in [1.29, 1.82) is 0 Å². The van der Waals surface area contributed by atoms with E-state index in [1.807, 2.05) is 63.4 Å². The van der Waals surface area contributed by atoms with E-state index in [4.69, 9.17) is 0 Å². The SMILES string of the molecule is C/C=C(\C)CCC.CC.COC.CSCCC(NC(=O)c1ccc(CN2CCC(Cc3ccccc3)C2)cc1-c1ccccc1C)C(=O)O. The van der Waals surface area contributed by atoms with Crippen LogP contribution in [0.25, 0.3) is 11.1 Å².